The Bertz CT molecular complexity index is 7380. The molecule has 18 rings (SSSR count). The molecule has 34 heteroatoms. The van der Waals surface area contributed by atoms with Crippen molar-refractivity contribution in [1.82, 2.24) is 26.1 Å². The van der Waals surface area contributed by atoms with E-state index < -0.39 is 18.3 Å². The number of Topliss-reactive ketones (excluding diaryl/α,β-unsaturated/α-hetero) is 3. The van der Waals surface area contributed by atoms with Crippen molar-refractivity contribution in [3.05, 3.63) is 356 Å². The van der Waals surface area contributed by atoms with E-state index in [-0.39, 0.29) is 113 Å². The number of pyridine rings is 4. The molecular formula is C115H114BrF4N6O18PS4. The molecule has 8 heterocycles. The number of ether oxygens (including phenoxy) is 12. The number of hydrogen-bond donors (Lipinski definition) is 5. The molecule has 8 aromatic heterocycles. The number of aromatic nitrogens is 4. The Morgan fingerprint density at radius 2 is 0.638 bits per heavy atom. The van der Waals surface area contributed by atoms with Gasteiger partial charge < -0.3 is 84.0 Å². The van der Waals surface area contributed by atoms with E-state index in [4.69, 9.17) is 68.9 Å². The Kier molecular flexibility index (Phi) is 42.3. The van der Waals surface area contributed by atoms with Gasteiger partial charge in [-0.1, -0.05) is 134 Å². The van der Waals surface area contributed by atoms with E-state index >= 15 is 0 Å². The maximum Gasteiger partial charge on any atom is 0.181 e. The Morgan fingerprint density at radius 1 is 0.356 bits per heavy atom. The number of nitrogens with zero attached hydrogens (tertiary/aromatic N) is 4. The summed E-state index contributed by atoms with van der Waals surface area (Å²) in [6.07, 6.45) is -2.60. The van der Waals surface area contributed by atoms with Gasteiger partial charge in [-0.3, -0.25) is 14.4 Å². The summed E-state index contributed by atoms with van der Waals surface area (Å²) in [5, 5.41) is 42.5. The number of benzene rings is 10. The van der Waals surface area contributed by atoms with E-state index in [1.165, 1.54) is 98.1 Å². The number of aliphatic hydroxyl groups is 3. The van der Waals surface area contributed by atoms with Gasteiger partial charge in [-0.25, -0.2) is 37.5 Å². The molecule has 8 N–H and O–H groups in total. The van der Waals surface area contributed by atoms with Gasteiger partial charge in [0.2, 0.25) is 0 Å². The zero-order valence-corrected chi connectivity index (χ0v) is 87.2. The Morgan fingerprint density at radius 3 is 0.933 bits per heavy atom. The Hall–Kier alpha value is -14.3. The molecule has 0 aliphatic carbocycles. The van der Waals surface area contributed by atoms with Gasteiger partial charge in [0.1, 0.15) is 114 Å². The lowest BCUT2D eigenvalue weighted by Gasteiger charge is -2.15. The fraction of sp³-hybridized carbons (Fsp3) is 0.209. The van der Waals surface area contributed by atoms with E-state index in [2.05, 4.69) is 40.1 Å². The zero-order chi connectivity index (χ0) is 104. The predicted octanol–water partition coefficient (Wildman–Crippen LogP) is 27.7. The molecule has 0 saturated carbocycles. The molecule has 4 atom stereocenters. The fourth-order valence-electron chi connectivity index (χ4n) is 15.3. The highest BCUT2D eigenvalue weighted by molar-refractivity contribution is 9.09. The van der Waals surface area contributed by atoms with Crippen LogP contribution in [0.25, 0.3) is 85.4 Å². The summed E-state index contributed by atoms with van der Waals surface area (Å²) in [5.41, 5.74) is 17.0. The lowest BCUT2D eigenvalue weighted by Crippen LogP contribution is -2.13. The molecule has 0 saturated heterocycles. The standard InChI is InChI=1S/C33H30FNO6S.C33H28FNO6S.C23H19BrFNO3S.C23H21FN2O3S.CH5P.2CH4.H3N/c2*1-38-22-10-7-20(8-11-22)18-41-23-16-27(25-19-42-33-24(25)5-4-6-26(33)34)35-28(17-23)30(37)13-12-29(36)21-9-14-31(39-2)32(15-21)40-3;1-28-15-7-5-14(6-8-15)12-29-16-9-20(26-21(10-16)22(27)11-24)18-13-30-23-17(18)3-2-4-19(23)25;1-28-15-7-5-14(6-8-15)12-29-16-9-20(26-21(10-16)22(27)11-25)18-13-30-23-17(18)3-2-4-19(23)24;1-2;;;/h4-11,14-17,19,30,37H,12-13,18H2,1-3H3;4-11,14-17,19H,12-13,18H2,1-3H3;2-10,13,22,27H,11-12H2,1H3;2-10,13,22,27H,11-12,25H2,1H3;2H2,1H3;2*1H4;1H3/i;;;;1D;;;. The molecule has 4 unspecified atom stereocenters. The van der Waals surface area contributed by atoms with Crippen molar-refractivity contribution in [3.63, 3.8) is 0 Å². The van der Waals surface area contributed by atoms with Crippen LogP contribution in [0, 0.1) is 23.3 Å². The van der Waals surface area contributed by atoms with Crippen LogP contribution < -0.4 is 68.7 Å². The van der Waals surface area contributed by atoms with Crippen LogP contribution in [0.3, 0.4) is 0 Å². The number of rotatable bonds is 38. The van der Waals surface area contributed by atoms with Crippen molar-refractivity contribution in [2.45, 2.75) is 85.3 Å². The molecule has 0 aliphatic rings. The van der Waals surface area contributed by atoms with Crippen molar-refractivity contribution in [3.8, 4) is 114 Å². The zero-order valence-electron chi connectivity index (χ0n) is 82.2. The number of fused-ring (bicyclic) bond motifs is 4. The van der Waals surface area contributed by atoms with E-state index in [1.807, 2.05) is 149 Å². The van der Waals surface area contributed by atoms with Gasteiger partial charge in [0, 0.05) is 157 Å². The quantitative estimate of drug-likeness (QED) is 0.0104. The van der Waals surface area contributed by atoms with Crippen LogP contribution in [0.15, 0.2) is 276 Å². The van der Waals surface area contributed by atoms with E-state index in [0.717, 1.165) is 78.1 Å². The molecule has 24 nitrogen and oxygen atoms in total. The van der Waals surface area contributed by atoms with Crippen LogP contribution in [0.1, 0.15) is 131 Å². The summed E-state index contributed by atoms with van der Waals surface area (Å²) in [5.74, 6) is 5.20. The summed E-state index contributed by atoms with van der Waals surface area (Å²) in [4.78, 5) is 57.7. The number of halogens is 5. The minimum Gasteiger partial charge on any atom is -0.497 e. The van der Waals surface area contributed by atoms with Crippen LogP contribution >= 0.6 is 70.5 Å². The maximum absolute atomic E-state index is 14.4. The number of ketones is 3. The van der Waals surface area contributed by atoms with Crippen molar-refractivity contribution in [1.29, 1.82) is 0 Å². The minimum atomic E-state index is -1.04. The van der Waals surface area contributed by atoms with E-state index in [9.17, 15) is 47.3 Å². The number of hydrogen-bond acceptors (Lipinski definition) is 28. The average molecular weight is 2180 g/mol. The number of carbonyl (C=O) groups is 3. The average Bonchev–Trinajstić information content (AvgIpc) is 1.63. The van der Waals surface area contributed by atoms with Gasteiger partial charge in [0.25, 0.3) is 0 Å². The first-order valence-electron chi connectivity index (χ1n) is 46.2. The van der Waals surface area contributed by atoms with Crippen LogP contribution in [-0.4, -0.2) is 128 Å². The third kappa shape index (κ3) is 29.2. The smallest absolute Gasteiger partial charge is 0.181 e. The Balaban J connectivity index is 0.000000189. The molecule has 0 spiro atoms. The van der Waals surface area contributed by atoms with Crippen LogP contribution in [0.5, 0.6) is 69.0 Å². The van der Waals surface area contributed by atoms with Gasteiger partial charge >= 0.3 is 0 Å². The summed E-state index contributed by atoms with van der Waals surface area (Å²) < 4.78 is 132. The summed E-state index contributed by atoms with van der Waals surface area (Å²) in [7, 11) is 14.7. The van der Waals surface area contributed by atoms with Crippen molar-refractivity contribution < 1.29 is 105 Å². The third-order valence-electron chi connectivity index (χ3n) is 23.1. The monoisotopic (exact) mass is 2180 g/mol. The van der Waals surface area contributed by atoms with E-state index in [1.54, 1.807) is 132 Å². The summed E-state index contributed by atoms with van der Waals surface area (Å²) in [6, 6.07) is 73.6. The van der Waals surface area contributed by atoms with Gasteiger partial charge in [-0.05, 0) is 138 Å². The van der Waals surface area contributed by atoms with Crippen molar-refractivity contribution >= 4 is 128 Å². The van der Waals surface area contributed by atoms with Gasteiger partial charge in [-0.15, -0.1) is 54.6 Å². The van der Waals surface area contributed by atoms with Crippen molar-refractivity contribution in [2.75, 3.05) is 75.4 Å². The van der Waals surface area contributed by atoms with E-state index in [0.29, 0.717) is 152 Å². The first-order valence-corrected chi connectivity index (χ1v) is 50.9. The topological polar surface area (TPSA) is 335 Å². The SMILES string of the molecule is C.C.COc1ccc(COc2cc(-c3csc4c(F)cccc34)nc(C(O)CBr)c2)cc1.COc1ccc(COc2cc(-c3csc4c(F)cccc34)nc(C(O)CCC(=O)c3ccc(OC)c(OC)c3)c2)cc1.COc1ccc(COc2cc(-c3csc4c(F)cccc34)nc(C(O)CN)c2)cc1.COc1ccc(COc2cc(C(=O)CCC(=O)c3ccc(OC)c(OC)c3)nc(-c3csc4c(F)cccc34)c2)cc1.N.[2H]CP. The molecule has 0 fully saturated rings. The molecular weight excluding hydrogens is 2070 g/mol. The molecule has 149 heavy (non-hydrogen) atoms. The second-order valence-electron chi connectivity index (χ2n) is 32.4. The first-order chi connectivity index (χ1) is 71.4. The second kappa shape index (κ2) is 55.6. The maximum atomic E-state index is 14.4. The molecule has 18 aromatic rings. The lowest BCUT2D eigenvalue weighted by atomic mass is 10.0. The second-order valence-corrected chi connectivity index (χ2v) is 36.6. The highest BCUT2D eigenvalue weighted by Crippen LogP contribution is 2.44. The largest absolute Gasteiger partial charge is 0.497 e. The molecule has 0 bridgehead atoms. The number of aliphatic hydroxyl groups excluding tert-OH is 3. The minimum absolute atomic E-state index is 0. The highest BCUT2D eigenvalue weighted by atomic mass is 79.9. The fourth-order valence-corrected chi connectivity index (χ4v) is 19.5. The van der Waals surface area contributed by atoms with Crippen LogP contribution in [-0.2, 0) is 26.4 Å². The van der Waals surface area contributed by atoms with Crippen LogP contribution in [0.2, 0.25) is 0 Å². The number of nitrogens with two attached hydrogens (primary N) is 1. The molecule has 776 valence electrons. The van der Waals surface area contributed by atoms with Crippen molar-refractivity contribution in [2.24, 2.45) is 5.73 Å². The number of methoxy groups -OCH3 is 8. The first kappa shape index (κ1) is 113. The normalized spacial score (nSPS) is 11.4. The number of alkyl halides is 1. The third-order valence-corrected chi connectivity index (χ3v) is 27.8. The van der Waals surface area contributed by atoms with Gasteiger partial charge in [-0.2, -0.15) is 0 Å². The van der Waals surface area contributed by atoms with Gasteiger partial charge in [0.15, 0.2) is 40.3 Å². The highest BCUT2D eigenvalue weighted by Gasteiger charge is 2.26. The van der Waals surface area contributed by atoms with Crippen LogP contribution in [0.4, 0.5) is 17.6 Å². The Labute approximate surface area is 889 Å². The number of carbonyl (C=O) groups excluding carboxylic acids is 3. The van der Waals surface area contributed by atoms with Gasteiger partial charge in [0.05, 0.1) is 122 Å². The predicted molar refractivity (Wildman–Crippen MR) is 592 cm³/mol. The summed E-state index contributed by atoms with van der Waals surface area (Å²) in [6.45, 7) is 1.67. The number of thiophene rings is 4. The molecule has 0 amide bonds. The molecule has 10 aromatic carbocycles. The molecule has 0 aliphatic heterocycles. The summed E-state index contributed by atoms with van der Waals surface area (Å²) >= 11 is 8.52. The molecule has 0 radical (unpaired) electrons. The lowest BCUT2D eigenvalue weighted by molar-refractivity contribution is 0.0914.